The average molecular weight is 331 g/mol. The zero-order valence-electron chi connectivity index (χ0n) is 10.5. The number of benzene rings is 2. The molecule has 5 heteroatoms. The van der Waals surface area contributed by atoms with Crippen molar-refractivity contribution in [3.8, 4) is 17.6 Å². The van der Waals surface area contributed by atoms with Crippen LogP contribution in [0, 0.1) is 11.3 Å². The van der Waals surface area contributed by atoms with Crippen molar-refractivity contribution in [2.75, 3.05) is 12.1 Å². The summed E-state index contributed by atoms with van der Waals surface area (Å²) in [5.74, 6) is 1.53. The molecule has 0 spiro atoms. The third-order valence-electron chi connectivity index (χ3n) is 3.05. The molecule has 0 fully saturated rings. The number of nitrogens with zero attached hydrogens (tertiary/aromatic N) is 1. The molecule has 1 heterocycles. The number of ether oxygens (including phenoxy) is 2. The number of halogens is 1. The number of hydrogen-bond acceptors (Lipinski definition) is 4. The normalized spacial score (nSPS) is 12.0. The molecule has 0 radical (unpaired) electrons. The maximum atomic E-state index is 9.11. The van der Waals surface area contributed by atoms with Crippen molar-refractivity contribution in [1.82, 2.24) is 0 Å². The first-order valence-electron chi connectivity index (χ1n) is 6.09. The highest BCUT2D eigenvalue weighted by Gasteiger charge is 2.17. The third kappa shape index (κ3) is 2.43. The molecule has 1 aliphatic rings. The number of nitrogens with one attached hydrogen (secondary N) is 1. The van der Waals surface area contributed by atoms with Crippen molar-refractivity contribution in [1.29, 1.82) is 5.26 Å². The first kappa shape index (κ1) is 12.8. The Bertz CT molecular complexity index is 695. The molecule has 20 heavy (non-hydrogen) atoms. The number of rotatable bonds is 3. The summed E-state index contributed by atoms with van der Waals surface area (Å²) in [5, 5.41) is 12.4. The molecule has 0 saturated heterocycles. The van der Waals surface area contributed by atoms with E-state index in [2.05, 4.69) is 27.3 Å². The molecular formula is C15H11BrN2O2. The van der Waals surface area contributed by atoms with Gasteiger partial charge in [0.2, 0.25) is 6.79 Å². The molecule has 0 aliphatic carbocycles. The van der Waals surface area contributed by atoms with Crippen molar-refractivity contribution in [2.24, 2.45) is 0 Å². The van der Waals surface area contributed by atoms with E-state index in [9.17, 15) is 0 Å². The summed E-state index contributed by atoms with van der Waals surface area (Å²) in [5.41, 5.74) is 2.40. The van der Waals surface area contributed by atoms with Gasteiger partial charge in [0.25, 0.3) is 0 Å². The molecule has 0 bridgehead atoms. The molecule has 0 aromatic heterocycles. The maximum absolute atomic E-state index is 9.11. The van der Waals surface area contributed by atoms with E-state index in [1.807, 2.05) is 30.3 Å². The largest absolute Gasteiger partial charge is 0.454 e. The van der Waals surface area contributed by atoms with Gasteiger partial charge in [0.15, 0.2) is 11.5 Å². The summed E-state index contributed by atoms with van der Waals surface area (Å²) in [6.45, 7) is 0.824. The lowest BCUT2D eigenvalue weighted by Gasteiger charge is -2.10. The van der Waals surface area contributed by atoms with Gasteiger partial charge in [-0.2, -0.15) is 5.26 Å². The highest BCUT2D eigenvalue weighted by molar-refractivity contribution is 9.10. The Morgan fingerprint density at radius 1 is 1.25 bits per heavy atom. The number of anilines is 1. The van der Waals surface area contributed by atoms with Crippen LogP contribution in [0.3, 0.4) is 0 Å². The van der Waals surface area contributed by atoms with Crippen LogP contribution in [0.2, 0.25) is 0 Å². The molecule has 0 amide bonds. The van der Waals surface area contributed by atoms with E-state index in [0.29, 0.717) is 12.1 Å². The first-order valence-corrected chi connectivity index (χ1v) is 6.88. The van der Waals surface area contributed by atoms with Crippen LogP contribution in [0.1, 0.15) is 11.1 Å². The van der Waals surface area contributed by atoms with E-state index in [-0.39, 0.29) is 6.79 Å². The van der Waals surface area contributed by atoms with E-state index < -0.39 is 0 Å². The van der Waals surface area contributed by atoms with Crippen LogP contribution in [-0.2, 0) is 6.54 Å². The molecule has 1 aliphatic heterocycles. The minimum atomic E-state index is 0.257. The zero-order chi connectivity index (χ0) is 13.9. The SMILES string of the molecule is N#Cc1ccc(Br)cc1NCc1cccc2c1OCO2. The molecule has 1 N–H and O–H groups in total. The smallest absolute Gasteiger partial charge is 0.231 e. The van der Waals surface area contributed by atoms with E-state index in [4.69, 9.17) is 14.7 Å². The van der Waals surface area contributed by atoms with Crippen LogP contribution in [0.4, 0.5) is 5.69 Å². The van der Waals surface area contributed by atoms with E-state index in [0.717, 1.165) is 27.2 Å². The summed E-state index contributed by atoms with van der Waals surface area (Å²) in [6, 6.07) is 13.5. The lowest BCUT2D eigenvalue weighted by molar-refractivity contribution is 0.173. The molecule has 100 valence electrons. The topological polar surface area (TPSA) is 54.3 Å². The summed E-state index contributed by atoms with van der Waals surface area (Å²) in [6.07, 6.45) is 0. The van der Waals surface area contributed by atoms with Crippen molar-refractivity contribution >= 4 is 21.6 Å². The highest BCUT2D eigenvalue weighted by atomic mass is 79.9. The Hall–Kier alpha value is -2.19. The molecule has 0 unspecified atom stereocenters. The molecule has 0 saturated carbocycles. The minimum absolute atomic E-state index is 0.257. The molecule has 4 nitrogen and oxygen atoms in total. The average Bonchev–Trinajstić information content (AvgIpc) is 2.94. The van der Waals surface area contributed by atoms with Crippen LogP contribution < -0.4 is 14.8 Å². The van der Waals surface area contributed by atoms with Crippen molar-refractivity contribution in [3.05, 3.63) is 52.0 Å². The predicted molar refractivity (Wildman–Crippen MR) is 78.7 cm³/mol. The first-order chi connectivity index (χ1) is 9.78. The molecule has 0 atom stereocenters. The quantitative estimate of drug-likeness (QED) is 0.933. The Morgan fingerprint density at radius 3 is 3.00 bits per heavy atom. The fraction of sp³-hybridized carbons (Fsp3) is 0.133. The van der Waals surface area contributed by atoms with Gasteiger partial charge < -0.3 is 14.8 Å². The second kappa shape index (κ2) is 5.43. The second-order valence-electron chi connectivity index (χ2n) is 4.31. The van der Waals surface area contributed by atoms with Crippen LogP contribution in [0.15, 0.2) is 40.9 Å². The summed E-state index contributed by atoms with van der Waals surface area (Å²) in [7, 11) is 0. The fourth-order valence-corrected chi connectivity index (χ4v) is 2.44. The monoisotopic (exact) mass is 330 g/mol. The Kier molecular flexibility index (Phi) is 3.48. The Morgan fingerprint density at radius 2 is 2.15 bits per heavy atom. The fourth-order valence-electron chi connectivity index (χ4n) is 2.08. The third-order valence-corrected chi connectivity index (χ3v) is 3.54. The summed E-state index contributed by atoms with van der Waals surface area (Å²) >= 11 is 3.41. The van der Waals surface area contributed by atoms with Gasteiger partial charge in [-0.15, -0.1) is 0 Å². The van der Waals surface area contributed by atoms with Gasteiger partial charge in [-0.05, 0) is 24.3 Å². The van der Waals surface area contributed by atoms with Gasteiger partial charge in [-0.3, -0.25) is 0 Å². The van der Waals surface area contributed by atoms with Crippen LogP contribution >= 0.6 is 15.9 Å². The van der Waals surface area contributed by atoms with Gasteiger partial charge in [0, 0.05) is 16.6 Å². The summed E-state index contributed by atoms with van der Waals surface area (Å²) < 4.78 is 11.7. The number of fused-ring (bicyclic) bond motifs is 1. The molecule has 2 aromatic rings. The minimum Gasteiger partial charge on any atom is -0.454 e. The number of nitriles is 1. The van der Waals surface area contributed by atoms with E-state index in [1.54, 1.807) is 6.07 Å². The number of para-hydroxylation sites is 1. The van der Waals surface area contributed by atoms with Crippen LogP contribution in [0.5, 0.6) is 11.5 Å². The molecule has 3 rings (SSSR count). The Labute approximate surface area is 125 Å². The highest BCUT2D eigenvalue weighted by Crippen LogP contribution is 2.35. The van der Waals surface area contributed by atoms with Gasteiger partial charge in [0.05, 0.1) is 11.3 Å². The van der Waals surface area contributed by atoms with Crippen molar-refractivity contribution in [2.45, 2.75) is 6.54 Å². The van der Waals surface area contributed by atoms with E-state index >= 15 is 0 Å². The summed E-state index contributed by atoms with van der Waals surface area (Å²) in [4.78, 5) is 0. The Balaban J connectivity index is 1.83. The van der Waals surface area contributed by atoms with Gasteiger partial charge >= 0.3 is 0 Å². The lowest BCUT2D eigenvalue weighted by atomic mass is 10.1. The van der Waals surface area contributed by atoms with E-state index in [1.165, 1.54) is 0 Å². The van der Waals surface area contributed by atoms with Crippen molar-refractivity contribution < 1.29 is 9.47 Å². The lowest BCUT2D eigenvalue weighted by Crippen LogP contribution is -2.02. The predicted octanol–water partition coefficient (Wildman–Crippen LogP) is 3.66. The van der Waals surface area contributed by atoms with Gasteiger partial charge in [-0.1, -0.05) is 28.1 Å². The second-order valence-corrected chi connectivity index (χ2v) is 5.22. The van der Waals surface area contributed by atoms with Crippen molar-refractivity contribution in [3.63, 3.8) is 0 Å². The van der Waals surface area contributed by atoms with Crippen LogP contribution in [0.25, 0.3) is 0 Å². The van der Waals surface area contributed by atoms with Gasteiger partial charge in [-0.25, -0.2) is 0 Å². The molecular weight excluding hydrogens is 320 g/mol. The zero-order valence-corrected chi connectivity index (χ0v) is 12.1. The molecule has 2 aromatic carbocycles. The number of hydrogen-bond donors (Lipinski definition) is 1. The maximum Gasteiger partial charge on any atom is 0.231 e. The van der Waals surface area contributed by atoms with Crippen LogP contribution in [-0.4, -0.2) is 6.79 Å². The standard InChI is InChI=1S/C15H11BrN2O2/c16-12-5-4-10(7-17)13(6-12)18-8-11-2-1-3-14-15(11)20-9-19-14/h1-6,18H,8-9H2. The van der Waals surface area contributed by atoms with Gasteiger partial charge in [0.1, 0.15) is 6.07 Å².